The number of rotatable bonds is 12. The Kier molecular flexibility index (Phi) is 9.86. The van der Waals surface area contributed by atoms with Gasteiger partial charge in [-0.3, -0.25) is 28.8 Å². The summed E-state index contributed by atoms with van der Waals surface area (Å²) >= 11 is 0. The number of carbonyl (C=O) groups is 6. The Labute approximate surface area is 177 Å². The molecule has 0 bridgehead atoms. The molecule has 0 aromatic rings. The van der Waals surface area contributed by atoms with Crippen molar-refractivity contribution in [2.75, 3.05) is 6.54 Å². The molecule has 1 saturated heterocycles. The van der Waals surface area contributed by atoms with E-state index < -0.39 is 66.2 Å². The zero-order valence-corrected chi connectivity index (χ0v) is 17.1. The molecule has 13 heteroatoms. The van der Waals surface area contributed by atoms with Gasteiger partial charge in [0.15, 0.2) is 0 Å². The summed E-state index contributed by atoms with van der Waals surface area (Å²) in [6, 6.07) is -4.63. The second kappa shape index (κ2) is 11.8. The monoisotopic (exact) mass is 444 g/mol. The fraction of sp³-hybridized carbons (Fsp3) is 0.667. The Morgan fingerprint density at radius 1 is 1.00 bits per heavy atom. The Morgan fingerprint density at radius 3 is 2.13 bits per heavy atom. The topological polar surface area (TPSA) is 216 Å². The Hall–Kier alpha value is -3.22. The van der Waals surface area contributed by atoms with E-state index in [-0.39, 0.29) is 32.2 Å². The number of carbonyl (C=O) groups excluding carboxylic acids is 3. The van der Waals surface area contributed by atoms with E-state index in [1.165, 1.54) is 11.8 Å². The third-order valence-corrected chi connectivity index (χ3v) is 4.84. The molecule has 0 aliphatic carbocycles. The van der Waals surface area contributed by atoms with Crippen LogP contribution in [0.5, 0.6) is 0 Å². The molecule has 13 nitrogen and oxygen atoms in total. The quantitative estimate of drug-likeness (QED) is 0.197. The summed E-state index contributed by atoms with van der Waals surface area (Å²) in [5, 5.41) is 31.2. The van der Waals surface area contributed by atoms with Crippen LogP contribution >= 0.6 is 0 Å². The number of nitrogens with one attached hydrogen (secondary N) is 2. The van der Waals surface area contributed by atoms with Crippen LogP contribution in [0.1, 0.15) is 45.4 Å². The van der Waals surface area contributed by atoms with Gasteiger partial charge >= 0.3 is 17.9 Å². The molecular formula is C18H28N4O9. The van der Waals surface area contributed by atoms with Gasteiger partial charge in [0.05, 0.1) is 6.04 Å². The van der Waals surface area contributed by atoms with E-state index in [2.05, 4.69) is 10.6 Å². The molecule has 1 rings (SSSR count). The molecule has 0 saturated carbocycles. The predicted molar refractivity (Wildman–Crippen MR) is 104 cm³/mol. The van der Waals surface area contributed by atoms with Crippen LogP contribution in [0.15, 0.2) is 0 Å². The summed E-state index contributed by atoms with van der Waals surface area (Å²) in [5.74, 6) is -5.77. The molecule has 1 aliphatic heterocycles. The first-order valence-corrected chi connectivity index (χ1v) is 9.77. The standard InChI is InChI=1S/C18H28N4O9/c1-9(18(30)31)20-16(28)12-3-2-8-22(12)17(29)11(5-7-14(25)26)21-15(27)10(19)4-6-13(23)24/h9-12H,2-8,19H2,1H3,(H,20,28)(H,21,27)(H,23,24)(H,25,26)(H,30,31). The second-order valence-corrected chi connectivity index (χ2v) is 7.29. The van der Waals surface area contributed by atoms with Crippen molar-refractivity contribution in [2.45, 2.75) is 69.6 Å². The number of hydrogen-bond donors (Lipinski definition) is 6. The fourth-order valence-corrected chi connectivity index (χ4v) is 3.09. The summed E-state index contributed by atoms with van der Waals surface area (Å²) in [5.41, 5.74) is 5.65. The average molecular weight is 444 g/mol. The lowest BCUT2D eigenvalue weighted by Crippen LogP contribution is -2.56. The van der Waals surface area contributed by atoms with E-state index in [1.54, 1.807) is 0 Å². The van der Waals surface area contributed by atoms with E-state index in [0.717, 1.165) is 0 Å². The Bertz CT molecular complexity index is 727. The molecule has 4 atom stereocenters. The number of hydrogen-bond acceptors (Lipinski definition) is 7. The second-order valence-electron chi connectivity index (χ2n) is 7.29. The molecule has 1 aliphatic rings. The van der Waals surface area contributed by atoms with Crippen LogP contribution in [-0.4, -0.2) is 86.6 Å². The van der Waals surface area contributed by atoms with Gasteiger partial charge in [0.2, 0.25) is 17.7 Å². The fourth-order valence-electron chi connectivity index (χ4n) is 3.09. The molecule has 174 valence electrons. The number of carboxylic acid groups (broad SMARTS) is 3. The normalized spacial score (nSPS) is 18.5. The van der Waals surface area contributed by atoms with Crippen LogP contribution in [0.25, 0.3) is 0 Å². The maximum atomic E-state index is 13.0. The first-order valence-electron chi connectivity index (χ1n) is 9.77. The van der Waals surface area contributed by atoms with Crippen LogP contribution in [0.3, 0.4) is 0 Å². The van der Waals surface area contributed by atoms with E-state index >= 15 is 0 Å². The van der Waals surface area contributed by atoms with Gasteiger partial charge in [0, 0.05) is 19.4 Å². The smallest absolute Gasteiger partial charge is 0.325 e. The number of carboxylic acids is 3. The predicted octanol–water partition coefficient (Wildman–Crippen LogP) is -1.89. The summed E-state index contributed by atoms with van der Waals surface area (Å²) < 4.78 is 0. The van der Waals surface area contributed by atoms with Gasteiger partial charge in [0.25, 0.3) is 0 Å². The van der Waals surface area contributed by atoms with Gasteiger partial charge in [-0.05, 0) is 32.6 Å². The third kappa shape index (κ3) is 8.20. The lowest BCUT2D eigenvalue weighted by molar-refractivity contribution is -0.145. The summed E-state index contributed by atoms with van der Waals surface area (Å²) in [7, 11) is 0. The van der Waals surface area contributed by atoms with Crippen molar-refractivity contribution >= 4 is 35.6 Å². The van der Waals surface area contributed by atoms with Crippen LogP contribution < -0.4 is 16.4 Å². The Morgan fingerprint density at radius 2 is 1.58 bits per heavy atom. The van der Waals surface area contributed by atoms with Crippen LogP contribution in [0.2, 0.25) is 0 Å². The highest BCUT2D eigenvalue weighted by atomic mass is 16.4. The molecule has 7 N–H and O–H groups in total. The number of aliphatic carboxylic acids is 3. The van der Waals surface area contributed by atoms with E-state index in [4.69, 9.17) is 21.1 Å². The highest BCUT2D eigenvalue weighted by Crippen LogP contribution is 2.20. The maximum Gasteiger partial charge on any atom is 0.325 e. The number of likely N-dealkylation sites (tertiary alicyclic amines) is 1. The van der Waals surface area contributed by atoms with Crippen molar-refractivity contribution in [1.29, 1.82) is 0 Å². The third-order valence-electron chi connectivity index (χ3n) is 4.84. The number of amides is 3. The SMILES string of the molecule is CC(NC(=O)C1CCCN1C(=O)C(CCC(=O)O)NC(=O)C(N)CCC(=O)O)C(=O)O. The molecule has 0 radical (unpaired) electrons. The molecule has 1 heterocycles. The van der Waals surface area contributed by atoms with Gasteiger partial charge in [-0.1, -0.05) is 0 Å². The molecule has 0 aromatic heterocycles. The van der Waals surface area contributed by atoms with Gasteiger partial charge in [-0.25, -0.2) is 0 Å². The highest BCUT2D eigenvalue weighted by molar-refractivity contribution is 5.94. The number of nitrogens with zero attached hydrogens (tertiary/aromatic N) is 1. The summed E-state index contributed by atoms with van der Waals surface area (Å²) in [6.45, 7) is 1.44. The van der Waals surface area contributed by atoms with E-state index in [9.17, 15) is 28.8 Å². The van der Waals surface area contributed by atoms with Crippen LogP contribution in [0.4, 0.5) is 0 Å². The van der Waals surface area contributed by atoms with Crippen molar-refractivity contribution in [3.05, 3.63) is 0 Å². The molecule has 0 spiro atoms. The van der Waals surface area contributed by atoms with Crippen LogP contribution in [0, 0.1) is 0 Å². The molecule has 31 heavy (non-hydrogen) atoms. The zero-order chi connectivity index (χ0) is 23.7. The zero-order valence-electron chi connectivity index (χ0n) is 17.1. The van der Waals surface area contributed by atoms with Crippen molar-refractivity contribution < 1.29 is 44.1 Å². The van der Waals surface area contributed by atoms with Crippen molar-refractivity contribution in [3.8, 4) is 0 Å². The lowest BCUT2D eigenvalue weighted by atomic mass is 10.1. The minimum atomic E-state index is -1.29. The van der Waals surface area contributed by atoms with Crippen molar-refractivity contribution in [1.82, 2.24) is 15.5 Å². The summed E-state index contributed by atoms with van der Waals surface area (Å²) in [4.78, 5) is 71.4. The van der Waals surface area contributed by atoms with Gasteiger partial charge < -0.3 is 36.6 Å². The van der Waals surface area contributed by atoms with Crippen molar-refractivity contribution in [2.24, 2.45) is 5.73 Å². The molecular weight excluding hydrogens is 416 g/mol. The van der Waals surface area contributed by atoms with Crippen molar-refractivity contribution in [3.63, 3.8) is 0 Å². The maximum absolute atomic E-state index is 13.0. The van der Waals surface area contributed by atoms with Gasteiger partial charge in [0.1, 0.15) is 18.1 Å². The van der Waals surface area contributed by atoms with Gasteiger partial charge in [-0.15, -0.1) is 0 Å². The molecule has 0 aromatic carbocycles. The summed E-state index contributed by atoms with van der Waals surface area (Å²) in [6.07, 6.45) is -0.504. The minimum Gasteiger partial charge on any atom is -0.481 e. The molecule has 4 unspecified atom stereocenters. The lowest BCUT2D eigenvalue weighted by Gasteiger charge is -2.29. The first-order chi connectivity index (χ1) is 14.4. The highest BCUT2D eigenvalue weighted by Gasteiger charge is 2.38. The molecule has 1 fully saturated rings. The van der Waals surface area contributed by atoms with Gasteiger partial charge in [-0.2, -0.15) is 0 Å². The average Bonchev–Trinajstić information content (AvgIpc) is 3.18. The largest absolute Gasteiger partial charge is 0.481 e. The van der Waals surface area contributed by atoms with Crippen LogP contribution in [-0.2, 0) is 28.8 Å². The minimum absolute atomic E-state index is 0.170. The molecule has 3 amide bonds. The first kappa shape index (κ1) is 25.8. The Balaban J connectivity index is 2.91. The van der Waals surface area contributed by atoms with E-state index in [0.29, 0.717) is 6.42 Å². The number of nitrogens with two attached hydrogens (primary N) is 1. The van der Waals surface area contributed by atoms with E-state index in [1.807, 2.05) is 0 Å².